The lowest BCUT2D eigenvalue weighted by molar-refractivity contribution is -0.144. The molecular formula is C9H16N2O4. The minimum Gasteiger partial charge on any atom is -0.479 e. The summed E-state index contributed by atoms with van der Waals surface area (Å²) in [6.07, 6.45) is 0.965. The number of rotatable bonds is 3. The lowest BCUT2D eigenvalue weighted by atomic mass is 10.1. The summed E-state index contributed by atoms with van der Waals surface area (Å²) in [5.74, 6) is -0.636. The molecule has 0 aliphatic carbocycles. The highest BCUT2D eigenvalue weighted by Crippen LogP contribution is 2.21. The van der Waals surface area contributed by atoms with Gasteiger partial charge in [-0.2, -0.15) is 0 Å². The molecule has 1 heterocycles. The van der Waals surface area contributed by atoms with Crippen LogP contribution in [0.3, 0.4) is 0 Å². The molecule has 1 fully saturated rings. The summed E-state index contributed by atoms with van der Waals surface area (Å²) in [5, 5.41) is 8.30. The average Bonchev–Trinajstić information content (AvgIpc) is 2.44. The van der Waals surface area contributed by atoms with Gasteiger partial charge < -0.3 is 10.0 Å². The summed E-state index contributed by atoms with van der Waals surface area (Å²) in [7, 11) is 0. The minimum absolute atomic E-state index is 0.174. The number of carbonyl (C=O) groups excluding carboxylic acids is 1. The maximum absolute atomic E-state index is 11.5. The molecule has 6 heteroatoms. The van der Waals surface area contributed by atoms with Crippen LogP contribution < -0.4 is 5.48 Å². The van der Waals surface area contributed by atoms with E-state index >= 15 is 0 Å². The fourth-order valence-corrected chi connectivity index (χ4v) is 1.80. The Labute approximate surface area is 88.1 Å². The molecular weight excluding hydrogens is 200 g/mol. The van der Waals surface area contributed by atoms with Crippen LogP contribution in [0.4, 0.5) is 4.79 Å². The molecule has 1 saturated heterocycles. The van der Waals surface area contributed by atoms with Crippen LogP contribution in [0.1, 0.15) is 20.3 Å². The van der Waals surface area contributed by atoms with Gasteiger partial charge in [-0.05, 0) is 19.3 Å². The highest BCUT2D eigenvalue weighted by Gasteiger charge is 2.29. The van der Waals surface area contributed by atoms with Crippen LogP contribution in [0, 0.1) is 5.92 Å². The van der Waals surface area contributed by atoms with E-state index in [1.165, 1.54) is 0 Å². The van der Waals surface area contributed by atoms with Gasteiger partial charge in [0.1, 0.15) is 0 Å². The monoisotopic (exact) mass is 216 g/mol. The van der Waals surface area contributed by atoms with Crippen molar-refractivity contribution in [3.05, 3.63) is 0 Å². The van der Waals surface area contributed by atoms with Crippen LogP contribution in [-0.4, -0.2) is 41.2 Å². The number of carboxylic acids is 1. The second-order valence-electron chi connectivity index (χ2n) is 3.93. The SMILES string of the molecule is CC1CC(C)N(C(=O)NOCC(=O)O)C1. The molecule has 0 aromatic heterocycles. The number of carbonyl (C=O) groups is 2. The minimum atomic E-state index is -1.11. The van der Waals surface area contributed by atoms with Crippen molar-refractivity contribution in [2.24, 2.45) is 5.92 Å². The number of urea groups is 1. The van der Waals surface area contributed by atoms with Crippen molar-refractivity contribution in [1.29, 1.82) is 0 Å². The van der Waals surface area contributed by atoms with Gasteiger partial charge in [0.25, 0.3) is 0 Å². The Morgan fingerprint density at radius 3 is 2.67 bits per heavy atom. The summed E-state index contributed by atoms with van der Waals surface area (Å²) in [6, 6.07) is -0.193. The van der Waals surface area contributed by atoms with E-state index in [4.69, 9.17) is 5.11 Å². The van der Waals surface area contributed by atoms with Crippen molar-refractivity contribution >= 4 is 12.0 Å². The molecule has 0 bridgehead atoms. The van der Waals surface area contributed by atoms with Gasteiger partial charge in [0.2, 0.25) is 0 Å². The average molecular weight is 216 g/mol. The van der Waals surface area contributed by atoms with Crippen molar-refractivity contribution in [3.63, 3.8) is 0 Å². The summed E-state index contributed by atoms with van der Waals surface area (Å²) in [4.78, 5) is 27.8. The van der Waals surface area contributed by atoms with Crippen molar-refractivity contribution in [1.82, 2.24) is 10.4 Å². The third kappa shape index (κ3) is 3.39. The Kier molecular flexibility index (Phi) is 3.90. The van der Waals surface area contributed by atoms with E-state index in [1.807, 2.05) is 6.92 Å². The molecule has 1 rings (SSSR count). The number of hydrogen-bond acceptors (Lipinski definition) is 3. The largest absolute Gasteiger partial charge is 0.479 e. The van der Waals surface area contributed by atoms with Gasteiger partial charge in [0.05, 0.1) is 0 Å². The normalized spacial score (nSPS) is 25.3. The summed E-state index contributed by atoms with van der Waals surface area (Å²) < 4.78 is 0. The Morgan fingerprint density at radius 2 is 2.20 bits per heavy atom. The summed E-state index contributed by atoms with van der Waals surface area (Å²) in [5.41, 5.74) is 2.11. The van der Waals surface area contributed by atoms with E-state index < -0.39 is 12.6 Å². The predicted octanol–water partition coefficient (Wildman–Crippen LogP) is 0.442. The molecule has 2 amide bonds. The molecule has 2 unspecified atom stereocenters. The quantitative estimate of drug-likeness (QED) is 0.671. The molecule has 2 atom stereocenters. The van der Waals surface area contributed by atoms with Crippen molar-refractivity contribution in [2.45, 2.75) is 26.3 Å². The van der Waals surface area contributed by atoms with E-state index in [0.29, 0.717) is 12.5 Å². The van der Waals surface area contributed by atoms with Gasteiger partial charge in [-0.1, -0.05) is 6.92 Å². The van der Waals surface area contributed by atoms with E-state index in [9.17, 15) is 9.59 Å². The van der Waals surface area contributed by atoms with Gasteiger partial charge in [0, 0.05) is 12.6 Å². The lowest BCUT2D eigenvalue weighted by Gasteiger charge is -2.21. The second-order valence-corrected chi connectivity index (χ2v) is 3.93. The van der Waals surface area contributed by atoms with E-state index in [1.54, 1.807) is 4.90 Å². The highest BCUT2D eigenvalue weighted by atomic mass is 16.7. The molecule has 0 radical (unpaired) electrons. The number of nitrogens with zero attached hydrogens (tertiary/aromatic N) is 1. The summed E-state index contributed by atoms with van der Waals surface area (Å²) in [6.45, 7) is 4.19. The number of likely N-dealkylation sites (tertiary alicyclic amines) is 1. The van der Waals surface area contributed by atoms with Crippen molar-refractivity contribution in [3.8, 4) is 0 Å². The van der Waals surface area contributed by atoms with E-state index in [2.05, 4.69) is 17.2 Å². The first-order valence-corrected chi connectivity index (χ1v) is 4.91. The van der Waals surface area contributed by atoms with Crippen LogP contribution in [0.15, 0.2) is 0 Å². The van der Waals surface area contributed by atoms with Gasteiger partial charge in [-0.15, -0.1) is 0 Å². The molecule has 0 aromatic carbocycles. The zero-order chi connectivity index (χ0) is 11.4. The Hall–Kier alpha value is -1.30. The van der Waals surface area contributed by atoms with Gasteiger partial charge in [0.15, 0.2) is 6.61 Å². The first kappa shape index (κ1) is 11.8. The topological polar surface area (TPSA) is 78.9 Å². The molecule has 0 saturated carbocycles. The van der Waals surface area contributed by atoms with Gasteiger partial charge >= 0.3 is 12.0 Å². The van der Waals surface area contributed by atoms with Crippen molar-refractivity contribution in [2.75, 3.05) is 13.2 Å². The zero-order valence-electron chi connectivity index (χ0n) is 8.90. The van der Waals surface area contributed by atoms with E-state index in [-0.39, 0.29) is 12.1 Å². The molecule has 15 heavy (non-hydrogen) atoms. The Bertz CT molecular complexity index is 256. The fraction of sp³-hybridized carbons (Fsp3) is 0.778. The Balaban J connectivity index is 2.31. The third-order valence-electron chi connectivity index (χ3n) is 2.40. The number of nitrogens with one attached hydrogen (secondary N) is 1. The zero-order valence-corrected chi connectivity index (χ0v) is 8.90. The van der Waals surface area contributed by atoms with Crippen molar-refractivity contribution < 1.29 is 19.5 Å². The molecule has 6 nitrogen and oxygen atoms in total. The number of amides is 2. The molecule has 0 aromatic rings. The van der Waals surface area contributed by atoms with Gasteiger partial charge in [-0.25, -0.2) is 15.1 Å². The predicted molar refractivity (Wildman–Crippen MR) is 52.1 cm³/mol. The number of hydrogen-bond donors (Lipinski definition) is 2. The third-order valence-corrected chi connectivity index (χ3v) is 2.40. The lowest BCUT2D eigenvalue weighted by Crippen LogP contribution is -2.42. The maximum Gasteiger partial charge on any atom is 0.341 e. The van der Waals surface area contributed by atoms with E-state index in [0.717, 1.165) is 6.42 Å². The Morgan fingerprint density at radius 1 is 1.53 bits per heavy atom. The van der Waals surface area contributed by atoms with Gasteiger partial charge in [-0.3, -0.25) is 4.84 Å². The molecule has 2 N–H and O–H groups in total. The van der Waals surface area contributed by atoms with Crippen LogP contribution in [0.2, 0.25) is 0 Å². The second kappa shape index (κ2) is 4.97. The number of aliphatic carboxylic acids is 1. The molecule has 0 spiro atoms. The fourth-order valence-electron chi connectivity index (χ4n) is 1.80. The first-order chi connectivity index (χ1) is 7.00. The summed E-state index contributed by atoms with van der Waals surface area (Å²) >= 11 is 0. The molecule has 86 valence electrons. The number of carboxylic acid groups (broad SMARTS) is 1. The van der Waals surface area contributed by atoms with Crippen LogP contribution >= 0.6 is 0 Å². The number of hydroxylamine groups is 1. The first-order valence-electron chi connectivity index (χ1n) is 4.91. The molecule has 1 aliphatic heterocycles. The molecule has 1 aliphatic rings. The highest BCUT2D eigenvalue weighted by molar-refractivity contribution is 5.74. The standard InChI is InChI=1S/C9H16N2O4/c1-6-3-7(2)11(4-6)9(14)10-15-5-8(12)13/h6-7H,3-5H2,1-2H3,(H,10,14)(H,12,13). The maximum atomic E-state index is 11.5. The smallest absolute Gasteiger partial charge is 0.341 e. The van der Waals surface area contributed by atoms with Crippen LogP contribution in [0.5, 0.6) is 0 Å². The van der Waals surface area contributed by atoms with Crippen LogP contribution in [-0.2, 0) is 9.63 Å². The van der Waals surface area contributed by atoms with Crippen LogP contribution in [0.25, 0.3) is 0 Å².